The van der Waals surface area contributed by atoms with E-state index in [9.17, 15) is 9.28 Å². The molecule has 1 aliphatic heterocycles. The molecule has 0 bridgehead atoms. The summed E-state index contributed by atoms with van der Waals surface area (Å²) in [6.07, 6.45) is 0. The molecule has 3 rings (SSSR count). The summed E-state index contributed by atoms with van der Waals surface area (Å²) in [4.78, 5) is 10.7. The van der Waals surface area contributed by atoms with E-state index in [1.165, 1.54) is 9.58 Å². The van der Waals surface area contributed by atoms with E-state index < -0.39 is 13.0 Å². The highest BCUT2D eigenvalue weighted by Crippen LogP contribution is 2.94. The topological polar surface area (TPSA) is 32.3 Å². The Morgan fingerprint density at radius 3 is 2.94 bits per heavy atom. The lowest BCUT2D eigenvalue weighted by molar-refractivity contribution is 0.414. The number of alkyl halides is 1. The van der Waals surface area contributed by atoms with Crippen LogP contribution in [-0.4, -0.2) is 11.4 Å². The van der Waals surface area contributed by atoms with Crippen molar-refractivity contribution in [1.82, 2.24) is 5.32 Å². The van der Waals surface area contributed by atoms with Crippen LogP contribution in [0.15, 0.2) is 24.3 Å². The van der Waals surface area contributed by atoms with Gasteiger partial charge in [-0.15, -0.1) is 11.3 Å². The van der Waals surface area contributed by atoms with Crippen molar-refractivity contribution in [1.29, 1.82) is 0 Å². The van der Waals surface area contributed by atoms with Gasteiger partial charge in [0, 0.05) is 21.7 Å². The average Bonchev–Trinajstić information content (AvgIpc) is 2.82. The molecule has 0 amide bonds. The third kappa shape index (κ3) is 2.21. The first-order valence-electron chi connectivity index (χ1n) is 5.83. The van der Waals surface area contributed by atoms with Gasteiger partial charge in [0.05, 0.1) is 7.84 Å². The smallest absolute Gasteiger partial charge is 0.203 e. The summed E-state index contributed by atoms with van der Waals surface area (Å²) in [5.74, 6) is 0. The average molecular weight is 301 g/mol. The molecule has 96 valence electrons. The van der Waals surface area contributed by atoms with Gasteiger partial charge in [-0.2, -0.15) is 0 Å². The van der Waals surface area contributed by atoms with Gasteiger partial charge < -0.3 is 10.2 Å². The SMILES string of the molecule is CCNCc1cc2cc(C3(F)PP3O)ccc2s1. The summed E-state index contributed by atoms with van der Waals surface area (Å²) >= 11 is 1.74. The summed E-state index contributed by atoms with van der Waals surface area (Å²) in [7, 11) is -1.35. The van der Waals surface area contributed by atoms with E-state index in [1.807, 2.05) is 18.2 Å². The molecule has 2 nitrogen and oxygen atoms in total. The first-order valence-corrected chi connectivity index (χ1v) is 9.78. The molecule has 2 aromatic rings. The van der Waals surface area contributed by atoms with Crippen molar-refractivity contribution in [2.75, 3.05) is 6.54 Å². The number of hydrogen-bond acceptors (Lipinski definition) is 3. The molecule has 0 spiro atoms. The second-order valence-electron chi connectivity index (χ2n) is 4.29. The highest BCUT2D eigenvalue weighted by molar-refractivity contribution is 8.36. The van der Waals surface area contributed by atoms with Crippen LogP contribution in [0, 0.1) is 0 Å². The number of rotatable bonds is 4. The molecule has 3 atom stereocenters. The Balaban J connectivity index is 1.92. The molecule has 1 saturated heterocycles. The van der Waals surface area contributed by atoms with E-state index >= 15 is 0 Å². The van der Waals surface area contributed by atoms with Crippen LogP contribution < -0.4 is 5.32 Å². The van der Waals surface area contributed by atoms with Crippen LogP contribution in [0.1, 0.15) is 17.4 Å². The minimum Gasteiger partial charge on any atom is -0.365 e. The van der Waals surface area contributed by atoms with Crippen LogP contribution in [0.4, 0.5) is 4.39 Å². The maximum Gasteiger partial charge on any atom is 0.203 e. The molecule has 1 aliphatic rings. The van der Waals surface area contributed by atoms with E-state index in [-0.39, 0.29) is 8.27 Å². The largest absolute Gasteiger partial charge is 0.365 e. The molecule has 1 fully saturated rings. The standard InChI is InChI=1S/C12H14FNOP2S/c1-2-14-7-10-6-8-5-9(3-4-11(8)18-10)12(13)16-17(12)15/h3-6,14-16H,2,7H2,1H3. The fourth-order valence-electron chi connectivity index (χ4n) is 1.94. The number of benzene rings is 1. The van der Waals surface area contributed by atoms with Crippen molar-refractivity contribution in [3.05, 3.63) is 34.7 Å². The molecular formula is C12H14FNOP2S. The van der Waals surface area contributed by atoms with Crippen molar-refractivity contribution in [2.24, 2.45) is 0 Å². The third-order valence-electron chi connectivity index (χ3n) is 3.00. The van der Waals surface area contributed by atoms with Crippen LogP contribution in [0.5, 0.6) is 0 Å². The zero-order valence-electron chi connectivity index (χ0n) is 9.90. The normalized spacial score (nSPS) is 28.1. The molecule has 1 aromatic carbocycles. The van der Waals surface area contributed by atoms with Gasteiger partial charge in [-0.05, 0) is 38.4 Å². The zero-order valence-corrected chi connectivity index (χ0v) is 12.6. The number of fused-ring (bicyclic) bond motifs is 1. The summed E-state index contributed by atoms with van der Waals surface area (Å²) in [5.41, 5.74) is 0.648. The fraction of sp³-hybridized carbons (Fsp3) is 0.333. The summed E-state index contributed by atoms with van der Waals surface area (Å²) < 4.78 is 15.3. The van der Waals surface area contributed by atoms with Gasteiger partial charge in [0.1, 0.15) is 0 Å². The highest BCUT2D eigenvalue weighted by Gasteiger charge is 2.57. The summed E-state index contributed by atoms with van der Waals surface area (Å²) in [6.45, 7) is 3.89. The second kappa shape index (κ2) is 4.77. The van der Waals surface area contributed by atoms with Gasteiger partial charge in [0.2, 0.25) is 5.15 Å². The lowest BCUT2D eigenvalue weighted by atomic mass is 10.2. The summed E-state index contributed by atoms with van der Waals surface area (Å²) in [5, 5.41) is 2.97. The summed E-state index contributed by atoms with van der Waals surface area (Å²) in [6, 6.07) is 7.80. The van der Waals surface area contributed by atoms with E-state index in [2.05, 4.69) is 18.3 Å². The maximum atomic E-state index is 14.1. The van der Waals surface area contributed by atoms with Crippen LogP contribution >= 0.6 is 27.4 Å². The first kappa shape index (κ1) is 12.9. The van der Waals surface area contributed by atoms with E-state index in [0.717, 1.165) is 18.5 Å². The van der Waals surface area contributed by atoms with Gasteiger partial charge in [0.15, 0.2) is 0 Å². The predicted octanol–water partition coefficient (Wildman–Crippen LogP) is 4.09. The van der Waals surface area contributed by atoms with Crippen molar-refractivity contribution >= 4 is 37.5 Å². The van der Waals surface area contributed by atoms with E-state index in [1.54, 1.807) is 11.3 Å². The molecule has 18 heavy (non-hydrogen) atoms. The molecule has 6 heteroatoms. The highest BCUT2D eigenvalue weighted by atomic mass is 32.1. The molecule has 1 aromatic heterocycles. The Hall–Kier alpha value is -0.110. The van der Waals surface area contributed by atoms with Gasteiger partial charge in [0.25, 0.3) is 0 Å². The van der Waals surface area contributed by atoms with Gasteiger partial charge >= 0.3 is 0 Å². The van der Waals surface area contributed by atoms with E-state index in [0.29, 0.717) is 5.56 Å². The maximum absolute atomic E-state index is 14.1. The van der Waals surface area contributed by atoms with Gasteiger partial charge in [-0.3, -0.25) is 0 Å². The van der Waals surface area contributed by atoms with Crippen molar-refractivity contribution in [2.45, 2.75) is 18.6 Å². The Kier molecular flexibility index (Phi) is 3.42. The first-order chi connectivity index (χ1) is 8.63. The zero-order chi connectivity index (χ0) is 12.8. The third-order valence-corrected chi connectivity index (χ3v) is 8.10. The van der Waals surface area contributed by atoms with Crippen LogP contribution in [-0.2, 0) is 11.7 Å². The predicted molar refractivity (Wildman–Crippen MR) is 79.4 cm³/mol. The molecule has 2 N–H and O–H groups in total. The number of thiophene rings is 1. The Labute approximate surface area is 112 Å². The Morgan fingerprint density at radius 1 is 1.50 bits per heavy atom. The van der Waals surface area contributed by atoms with E-state index in [4.69, 9.17) is 0 Å². The minimum atomic E-state index is -1.41. The van der Waals surface area contributed by atoms with Crippen molar-refractivity contribution in [3.63, 3.8) is 0 Å². The number of halogens is 1. The monoisotopic (exact) mass is 301 g/mol. The van der Waals surface area contributed by atoms with Crippen LogP contribution in [0.2, 0.25) is 0 Å². The molecule has 0 radical (unpaired) electrons. The van der Waals surface area contributed by atoms with Crippen LogP contribution in [0.3, 0.4) is 0 Å². The molecule has 0 saturated carbocycles. The molecule has 3 unspecified atom stereocenters. The van der Waals surface area contributed by atoms with Crippen LogP contribution in [0.25, 0.3) is 10.1 Å². The van der Waals surface area contributed by atoms with Gasteiger partial charge in [-0.1, -0.05) is 13.0 Å². The number of hydrogen-bond donors (Lipinski definition) is 2. The lowest BCUT2D eigenvalue weighted by Crippen LogP contribution is -2.10. The fourth-order valence-corrected chi connectivity index (χ4v) is 5.72. The lowest BCUT2D eigenvalue weighted by Gasteiger charge is -2.04. The molecule has 2 heterocycles. The van der Waals surface area contributed by atoms with Gasteiger partial charge in [-0.25, -0.2) is 4.39 Å². The second-order valence-corrected chi connectivity index (χ2v) is 9.97. The van der Waals surface area contributed by atoms with Crippen molar-refractivity contribution < 1.29 is 9.28 Å². The molecule has 0 aliphatic carbocycles. The molecular weight excluding hydrogens is 287 g/mol. The minimum absolute atomic E-state index is 0.0515. The number of nitrogens with one attached hydrogen (secondary N) is 1. The van der Waals surface area contributed by atoms with Crippen molar-refractivity contribution in [3.8, 4) is 0 Å². The quantitative estimate of drug-likeness (QED) is 0.834. The Bertz CT molecular complexity index is 590. The Morgan fingerprint density at radius 2 is 2.28 bits per heavy atom.